The van der Waals surface area contributed by atoms with Gasteiger partial charge in [-0.05, 0) is 48.1 Å². The first-order valence-electron chi connectivity index (χ1n) is 8.07. The van der Waals surface area contributed by atoms with Crippen LogP contribution < -0.4 is 0 Å². The van der Waals surface area contributed by atoms with E-state index >= 15 is 0 Å². The summed E-state index contributed by atoms with van der Waals surface area (Å²) in [5.41, 5.74) is 8.56. The third-order valence-corrected chi connectivity index (χ3v) is 4.69. The molecule has 0 nitrogen and oxygen atoms in total. The first-order chi connectivity index (χ1) is 10.5. The summed E-state index contributed by atoms with van der Waals surface area (Å²) in [5, 5.41) is 0. The Morgan fingerprint density at radius 3 is 2.32 bits per heavy atom. The van der Waals surface area contributed by atoms with E-state index in [2.05, 4.69) is 81.5 Å². The molecule has 0 heteroatoms. The van der Waals surface area contributed by atoms with Gasteiger partial charge in [-0.3, -0.25) is 0 Å². The molecule has 0 N–H and O–H groups in total. The predicted octanol–water partition coefficient (Wildman–Crippen LogP) is 5.98. The molecule has 0 saturated carbocycles. The van der Waals surface area contributed by atoms with Crippen molar-refractivity contribution in [3.63, 3.8) is 0 Å². The molecule has 1 aliphatic rings. The maximum absolute atomic E-state index is 2.39. The third kappa shape index (κ3) is 2.43. The lowest BCUT2D eigenvalue weighted by molar-refractivity contribution is 0.659. The number of hydrogen-bond acceptors (Lipinski definition) is 0. The van der Waals surface area contributed by atoms with E-state index in [1.54, 1.807) is 0 Å². The normalized spacial score (nSPS) is 15.5. The van der Waals surface area contributed by atoms with E-state index in [4.69, 9.17) is 0 Å². The largest absolute Gasteiger partial charge is 0.0877 e. The second kappa shape index (κ2) is 5.61. The van der Waals surface area contributed by atoms with E-state index in [0.29, 0.717) is 0 Å². The minimum absolute atomic E-state index is 0.0970. The first kappa shape index (κ1) is 14.8. The van der Waals surface area contributed by atoms with Crippen LogP contribution in [-0.4, -0.2) is 0 Å². The summed E-state index contributed by atoms with van der Waals surface area (Å²) in [4.78, 5) is 0. The molecule has 1 aliphatic carbocycles. The Hall–Kier alpha value is -2.08. The van der Waals surface area contributed by atoms with Gasteiger partial charge in [0.2, 0.25) is 0 Å². The molecule has 0 unspecified atom stereocenters. The molecule has 0 atom stereocenters. The first-order valence-corrected chi connectivity index (χ1v) is 8.07. The average molecular weight is 288 g/mol. The quantitative estimate of drug-likeness (QED) is 0.610. The van der Waals surface area contributed by atoms with Crippen molar-refractivity contribution in [3.8, 4) is 11.1 Å². The topological polar surface area (TPSA) is 0 Å². The van der Waals surface area contributed by atoms with Crippen LogP contribution in [0.2, 0.25) is 0 Å². The maximum atomic E-state index is 2.39. The highest BCUT2D eigenvalue weighted by Crippen LogP contribution is 2.49. The van der Waals surface area contributed by atoms with Gasteiger partial charge in [-0.2, -0.15) is 0 Å². The number of benzene rings is 2. The fourth-order valence-electron chi connectivity index (χ4n) is 3.42. The van der Waals surface area contributed by atoms with Crippen molar-refractivity contribution in [3.05, 3.63) is 83.0 Å². The minimum atomic E-state index is 0.0970. The van der Waals surface area contributed by atoms with Crippen LogP contribution in [0.25, 0.3) is 11.1 Å². The van der Waals surface area contributed by atoms with Gasteiger partial charge in [0.1, 0.15) is 0 Å². The average Bonchev–Trinajstić information content (AvgIpc) is 2.72. The predicted molar refractivity (Wildman–Crippen MR) is 96.4 cm³/mol. The molecular formula is C22H24. The van der Waals surface area contributed by atoms with Crippen LogP contribution >= 0.6 is 0 Å². The number of aryl methyl sites for hydroxylation is 1. The van der Waals surface area contributed by atoms with Crippen LogP contribution in [0.15, 0.2) is 60.7 Å². The van der Waals surface area contributed by atoms with Crippen LogP contribution in [0.1, 0.15) is 43.0 Å². The van der Waals surface area contributed by atoms with Crippen molar-refractivity contribution < 1.29 is 0 Å². The second-order valence-electron chi connectivity index (χ2n) is 6.71. The molecule has 0 heterocycles. The zero-order valence-corrected chi connectivity index (χ0v) is 14.0. The van der Waals surface area contributed by atoms with Crippen LogP contribution in [0, 0.1) is 6.92 Å². The van der Waals surface area contributed by atoms with Crippen molar-refractivity contribution in [2.75, 3.05) is 0 Å². The molecule has 0 amide bonds. The molecule has 112 valence electrons. The number of fused-ring (bicyclic) bond motifs is 3. The van der Waals surface area contributed by atoms with Crippen LogP contribution in [0.5, 0.6) is 0 Å². The van der Waals surface area contributed by atoms with Crippen molar-refractivity contribution in [2.24, 2.45) is 0 Å². The highest BCUT2D eigenvalue weighted by Gasteiger charge is 2.35. The molecule has 22 heavy (non-hydrogen) atoms. The van der Waals surface area contributed by atoms with E-state index in [9.17, 15) is 0 Å². The molecule has 0 radical (unpaired) electrons. The van der Waals surface area contributed by atoms with E-state index in [0.717, 1.165) is 6.42 Å². The lowest BCUT2D eigenvalue weighted by Gasteiger charge is -2.22. The number of hydrogen-bond donors (Lipinski definition) is 0. The lowest BCUT2D eigenvalue weighted by atomic mass is 9.81. The zero-order chi connectivity index (χ0) is 15.7. The Bertz CT molecular complexity index is 758. The minimum Gasteiger partial charge on any atom is -0.0877 e. The Balaban J connectivity index is 2.01. The van der Waals surface area contributed by atoms with Gasteiger partial charge in [-0.1, -0.05) is 80.1 Å². The monoisotopic (exact) mass is 288 g/mol. The van der Waals surface area contributed by atoms with Crippen LogP contribution in [0.4, 0.5) is 0 Å². The summed E-state index contributed by atoms with van der Waals surface area (Å²) >= 11 is 0. The highest BCUT2D eigenvalue weighted by atomic mass is 14.4. The van der Waals surface area contributed by atoms with Gasteiger partial charge < -0.3 is 0 Å². The number of rotatable bonds is 3. The fourth-order valence-corrected chi connectivity index (χ4v) is 3.42. The second-order valence-corrected chi connectivity index (χ2v) is 6.71. The van der Waals surface area contributed by atoms with Gasteiger partial charge in [0.25, 0.3) is 0 Å². The molecule has 0 bridgehead atoms. The Morgan fingerprint density at radius 2 is 1.59 bits per heavy atom. The Kier molecular flexibility index (Phi) is 3.78. The lowest BCUT2D eigenvalue weighted by Crippen LogP contribution is -2.15. The molecular weight excluding hydrogens is 264 g/mol. The molecule has 3 rings (SSSR count). The molecule has 0 aliphatic heterocycles. The van der Waals surface area contributed by atoms with Gasteiger partial charge in [-0.25, -0.2) is 0 Å². The number of allylic oxidation sites excluding steroid dienone is 4. The molecule has 0 spiro atoms. The third-order valence-electron chi connectivity index (χ3n) is 4.69. The van der Waals surface area contributed by atoms with Crippen molar-refractivity contribution >= 4 is 0 Å². The molecule has 0 fully saturated rings. The summed E-state index contributed by atoms with van der Waals surface area (Å²) < 4.78 is 0. The SMILES string of the molecule is C/C=C\C=C/Cc1ccc2c(c1)C(C)(C)c1cc(C)ccc1-2. The van der Waals surface area contributed by atoms with E-state index < -0.39 is 0 Å². The van der Waals surface area contributed by atoms with Crippen molar-refractivity contribution in [2.45, 2.75) is 39.5 Å². The fraction of sp³-hybridized carbons (Fsp3) is 0.273. The van der Waals surface area contributed by atoms with E-state index in [1.807, 2.05) is 6.92 Å². The molecule has 2 aromatic carbocycles. The Morgan fingerprint density at radius 1 is 0.909 bits per heavy atom. The summed E-state index contributed by atoms with van der Waals surface area (Å²) in [5.74, 6) is 0. The van der Waals surface area contributed by atoms with Gasteiger partial charge in [-0.15, -0.1) is 0 Å². The summed E-state index contributed by atoms with van der Waals surface area (Å²) in [7, 11) is 0. The molecule has 2 aromatic rings. The van der Waals surface area contributed by atoms with Crippen LogP contribution in [0.3, 0.4) is 0 Å². The van der Waals surface area contributed by atoms with E-state index in [1.165, 1.54) is 33.4 Å². The van der Waals surface area contributed by atoms with Gasteiger partial charge in [0, 0.05) is 5.41 Å². The van der Waals surface area contributed by atoms with Crippen molar-refractivity contribution in [1.29, 1.82) is 0 Å². The smallest absolute Gasteiger partial charge is 0.0159 e. The highest BCUT2D eigenvalue weighted by molar-refractivity contribution is 5.81. The molecule has 0 saturated heterocycles. The van der Waals surface area contributed by atoms with Gasteiger partial charge in [0.05, 0.1) is 0 Å². The van der Waals surface area contributed by atoms with Crippen LogP contribution in [-0.2, 0) is 11.8 Å². The van der Waals surface area contributed by atoms with E-state index in [-0.39, 0.29) is 5.41 Å². The van der Waals surface area contributed by atoms with Crippen molar-refractivity contribution in [1.82, 2.24) is 0 Å². The summed E-state index contributed by atoms with van der Waals surface area (Å²) in [6, 6.07) is 13.8. The summed E-state index contributed by atoms with van der Waals surface area (Å²) in [6.07, 6.45) is 9.47. The van der Waals surface area contributed by atoms with Gasteiger partial charge in [0.15, 0.2) is 0 Å². The summed E-state index contributed by atoms with van der Waals surface area (Å²) in [6.45, 7) is 8.91. The standard InChI is InChI=1S/C22H24/c1-5-6-7-8-9-17-11-13-19-18-12-10-16(2)14-20(18)22(3,4)21(19)15-17/h5-8,10-15H,9H2,1-4H3/b6-5-,8-7-. The van der Waals surface area contributed by atoms with Gasteiger partial charge >= 0.3 is 0 Å². The zero-order valence-electron chi connectivity index (χ0n) is 14.0. The maximum Gasteiger partial charge on any atom is 0.0159 e. The Labute approximate surface area is 134 Å². The molecule has 0 aromatic heterocycles.